The second-order valence-corrected chi connectivity index (χ2v) is 12.3. The minimum absolute atomic E-state index is 0.286. The predicted molar refractivity (Wildman–Crippen MR) is 166 cm³/mol. The molecule has 0 aromatic heterocycles. The minimum Gasteiger partial charge on any atom is -0.454 e. The highest BCUT2D eigenvalue weighted by Gasteiger charge is 2.23. The van der Waals surface area contributed by atoms with Crippen LogP contribution in [0.25, 0.3) is 0 Å². The van der Waals surface area contributed by atoms with Gasteiger partial charge in [-0.2, -0.15) is 0 Å². The summed E-state index contributed by atoms with van der Waals surface area (Å²) in [5, 5.41) is 0. The molecule has 0 aliphatic carbocycles. The Bertz CT molecular complexity index is 1170. The molecule has 2 saturated heterocycles. The maximum atomic E-state index is 12.7. The Morgan fingerprint density at radius 3 is 1.32 bits per heavy atom. The zero-order chi connectivity index (χ0) is 30.1. The number of hydrogen-bond acceptors (Lipinski definition) is 8. The Hall–Kier alpha value is -3.50. The molecule has 238 valence electrons. The molecule has 6 rings (SSSR count). The molecule has 0 spiro atoms. The summed E-state index contributed by atoms with van der Waals surface area (Å²) in [5.41, 5.74) is 2.43. The smallest absolute Gasteiger partial charge is 0.231 e. The first-order chi connectivity index (χ1) is 21.6. The molecule has 10 nitrogen and oxygen atoms in total. The van der Waals surface area contributed by atoms with Gasteiger partial charge in [0.2, 0.25) is 25.4 Å². The summed E-state index contributed by atoms with van der Waals surface area (Å²) in [5.74, 6) is 3.85. The van der Waals surface area contributed by atoms with Crippen LogP contribution in [0.3, 0.4) is 0 Å². The van der Waals surface area contributed by atoms with Crippen LogP contribution >= 0.6 is 0 Å². The second kappa shape index (κ2) is 15.0. The third-order valence-corrected chi connectivity index (χ3v) is 9.17. The van der Waals surface area contributed by atoms with E-state index in [9.17, 15) is 9.59 Å². The Kier molecular flexibility index (Phi) is 10.4. The van der Waals surface area contributed by atoms with Crippen molar-refractivity contribution in [1.82, 2.24) is 19.6 Å². The molecule has 2 aromatic carbocycles. The van der Waals surface area contributed by atoms with Crippen molar-refractivity contribution in [3.63, 3.8) is 0 Å². The van der Waals surface area contributed by atoms with Gasteiger partial charge in [0.25, 0.3) is 0 Å². The average Bonchev–Trinajstić information content (AvgIpc) is 3.72. The number of fused-ring (bicyclic) bond motifs is 2. The van der Waals surface area contributed by atoms with Crippen LogP contribution in [0.1, 0.15) is 62.5 Å². The summed E-state index contributed by atoms with van der Waals surface area (Å²) in [7, 11) is 0. The first-order valence-electron chi connectivity index (χ1n) is 16.4. The summed E-state index contributed by atoms with van der Waals surface area (Å²) in [6, 6.07) is 12.3. The Balaban J connectivity index is 0.765. The van der Waals surface area contributed by atoms with Crippen LogP contribution in [0.4, 0.5) is 0 Å². The lowest BCUT2D eigenvalue weighted by Crippen LogP contribution is -2.48. The standard InChI is InChI=1S/C34H46N4O6/c39-33(37-17-13-35(14-18-37)23-27-9-11-29-31(21-27)43-25-41-29)7-5-3-1-2-4-6-8-34(40)38-19-15-36(16-20-38)24-28-10-12-30-32(22-28)44-26-42-30/h9-12,21-22H,1-8,13-20,23-26H2. The van der Waals surface area contributed by atoms with Gasteiger partial charge >= 0.3 is 0 Å². The van der Waals surface area contributed by atoms with E-state index in [1.807, 2.05) is 21.9 Å². The van der Waals surface area contributed by atoms with Crippen molar-refractivity contribution < 1.29 is 28.5 Å². The molecule has 10 heteroatoms. The van der Waals surface area contributed by atoms with Gasteiger partial charge in [-0.05, 0) is 48.2 Å². The third-order valence-electron chi connectivity index (χ3n) is 9.17. The van der Waals surface area contributed by atoms with Crippen molar-refractivity contribution in [2.24, 2.45) is 0 Å². The molecule has 4 heterocycles. The van der Waals surface area contributed by atoms with Crippen molar-refractivity contribution in [3.8, 4) is 23.0 Å². The van der Waals surface area contributed by atoms with Crippen molar-refractivity contribution in [1.29, 1.82) is 0 Å². The minimum atomic E-state index is 0.286. The van der Waals surface area contributed by atoms with Gasteiger partial charge in [0.05, 0.1) is 0 Å². The van der Waals surface area contributed by atoms with E-state index in [2.05, 4.69) is 34.1 Å². The highest BCUT2D eigenvalue weighted by atomic mass is 16.7. The molecule has 0 atom stereocenters. The van der Waals surface area contributed by atoms with E-state index in [0.717, 1.165) is 127 Å². The van der Waals surface area contributed by atoms with E-state index >= 15 is 0 Å². The van der Waals surface area contributed by atoms with E-state index in [1.54, 1.807) is 0 Å². The van der Waals surface area contributed by atoms with E-state index in [4.69, 9.17) is 18.9 Å². The molecule has 2 fully saturated rings. The van der Waals surface area contributed by atoms with Gasteiger partial charge < -0.3 is 28.7 Å². The quantitative estimate of drug-likeness (QED) is 0.313. The zero-order valence-corrected chi connectivity index (χ0v) is 25.8. The number of rotatable bonds is 13. The Morgan fingerprint density at radius 1 is 0.500 bits per heavy atom. The van der Waals surface area contributed by atoms with Crippen molar-refractivity contribution >= 4 is 11.8 Å². The van der Waals surface area contributed by atoms with Gasteiger partial charge in [-0.1, -0.05) is 37.8 Å². The fraction of sp³-hybridized carbons (Fsp3) is 0.588. The zero-order valence-electron chi connectivity index (χ0n) is 25.8. The SMILES string of the molecule is O=C(CCCCCCCCC(=O)N1CCN(Cc2ccc3c(c2)OCO3)CC1)N1CCN(Cc2ccc3c(c2)OCO3)CC1. The average molecular weight is 607 g/mol. The van der Waals surface area contributed by atoms with Crippen LogP contribution in [0.2, 0.25) is 0 Å². The monoisotopic (exact) mass is 606 g/mol. The molecule has 0 N–H and O–H groups in total. The number of piperazine rings is 2. The number of amides is 2. The predicted octanol–water partition coefficient (Wildman–Crippen LogP) is 4.25. The van der Waals surface area contributed by atoms with Gasteiger partial charge in [0, 0.05) is 78.3 Å². The molecule has 0 saturated carbocycles. The van der Waals surface area contributed by atoms with Gasteiger partial charge in [-0.25, -0.2) is 0 Å². The molecule has 0 radical (unpaired) electrons. The van der Waals surface area contributed by atoms with Crippen LogP contribution in [-0.2, 0) is 22.7 Å². The summed E-state index contributed by atoms with van der Waals surface area (Å²) < 4.78 is 21.8. The number of ether oxygens (including phenoxy) is 4. The maximum absolute atomic E-state index is 12.7. The van der Waals surface area contributed by atoms with E-state index in [-0.39, 0.29) is 11.8 Å². The van der Waals surface area contributed by atoms with Crippen LogP contribution in [0.5, 0.6) is 23.0 Å². The molecule has 4 aliphatic rings. The van der Waals surface area contributed by atoms with Crippen molar-refractivity contribution in [2.45, 2.75) is 64.5 Å². The van der Waals surface area contributed by atoms with Crippen LogP contribution in [0, 0.1) is 0 Å². The third kappa shape index (κ3) is 8.15. The molecular weight excluding hydrogens is 560 g/mol. The lowest BCUT2D eigenvalue weighted by molar-refractivity contribution is -0.134. The molecule has 2 amide bonds. The lowest BCUT2D eigenvalue weighted by atomic mass is 10.1. The van der Waals surface area contributed by atoms with Crippen LogP contribution in [-0.4, -0.2) is 97.4 Å². The largest absolute Gasteiger partial charge is 0.454 e. The molecule has 0 unspecified atom stereocenters. The second-order valence-electron chi connectivity index (χ2n) is 12.3. The summed E-state index contributed by atoms with van der Waals surface area (Å²) in [6.45, 7) is 9.11. The van der Waals surface area contributed by atoms with Gasteiger partial charge in [0.1, 0.15) is 0 Å². The fourth-order valence-corrected chi connectivity index (χ4v) is 6.48. The van der Waals surface area contributed by atoms with Crippen molar-refractivity contribution in [3.05, 3.63) is 47.5 Å². The number of carbonyl (C=O) groups is 2. The van der Waals surface area contributed by atoms with E-state index in [0.29, 0.717) is 26.4 Å². The van der Waals surface area contributed by atoms with Gasteiger partial charge in [0.15, 0.2) is 23.0 Å². The van der Waals surface area contributed by atoms with Gasteiger partial charge in [-0.15, -0.1) is 0 Å². The fourth-order valence-electron chi connectivity index (χ4n) is 6.48. The van der Waals surface area contributed by atoms with Crippen LogP contribution < -0.4 is 18.9 Å². The highest BCUT2D eigenvalue weighted by molar-refractivity contribution is 5.76. The topological polar surface area (TPSA) is 84.0 Å². The number of carbonyl (C=O) groups excluding carboxylic acids is 2. The van der Waals surface area contributed by atoms with Crippen LogP contribution in [0.15, 0.2) is 36.4 Å². The normalized spacial score (nSPS) is 18.2. The van der Waals surface area contributed by atoms with E-state index < -0.39 is 0 Å². The first-order valence-corrected chi connectivity index (χ1v) is 16.4. The Morgan fingerprint density at radius 2 is 0.886 bits per heavy atom. The lowest BCUT2D eigenvalue weighted by Gasteiger charge is -2.35. The summed E-state index contributed by atoms with van der Waals surface area (Å²) >= 11 is 0. The van der Waals surface area contributed by atoms with Crippen molar-refractivity contribution in [2.75, 3.05) is 65.9 Å². The number of hydrogen-bond donors (Lipinski definition) is 0. The molecule has 44 heavy (non-hydrogen) atoms. The summed E-state index contributed by atoms with van der Waals surface area (Å²) in [6.07, 6.45) is 7.59. The van der Waals surface area contributed by atoms with E-state index in [1.165, 1.54) is 11.1 Å². The maximum Gasteiger partial charge on any atom is 0.231 e. The molecule has 2 aromatic rings. The molecule has 4 aliphatic heterocycles. The number of unbranched alkanes of at least 4 members (excludes halogenated alkanes) is 5. The first kappa shape index (κ1) is 30.5. The Labute approximate surface area is 260 Å². The summed E-state index contributed by atoms with van der Waals surface area (Å²) in [4.78, 5) is 34.3. The molecule has 0 bridgehead atoms. The molecular formula is C34H46N4O6. The van der Waals surface area contributed by atoms with Gasteiger partial charge in [-0.3, -0.25) is 19.4 Å². The highest BCUT2D eigenvalue weighted by Crippen LogP contribution is 2.34. The number of benzene rings is 2. The number of nitrogens with zero attached hydrogens (tertiary/aromatic N) is 4.